The molecule has 236 valence electrons. The zero-order valence-corrected chi connectivity index (χ0v) is 27.7. The maximum Gasteiger partial charge on any atom is 0.143 e. The van der Waals surface area contributed by atoms with Gasteiger partial charge in [0.2, 0.25) is 0 Å². The van der Waals surface area contributed by atoms with Crippen molar-refractivity contribution < 1.29 is 4.42 Å². The number of hydrogen-bond donors (Lipinski definition) is 0. The van der Waals surface area contributed by atoms with Gasteiger partial charge in [-0.15, -0.1) is 0 Å². The maximum absolute atomic E-state index is 6.82. The molecule has 0 aliphatic heterocycles. The van der Waals surface area contributed by atoms with Crippen LogP contribution in [0.4, 0.5) is 0 Å². The van der Waals surface area contributed by atoms with Gasteiger partial charge in [0.05, 0.1) is 0 Å². The van der Waals surface area contributed by atoms with E-state index in [0.717, 1.165) is 27.3 Å². The van der Waals surface area contributed by atoms with Crippen LogP contribution in [0.1, 0.15) is 0 Å². The van der Waals surface area contributed by atoms with Crippen molar-refractivity contribution in [3.63, 3.8) is 0 Å². The van der Waals surface area contributed by atoms with Gasteiger partial charge in [-0.2, -0.15) is 0 Å². The average molecular weight is 647 g/mol. The Morgan fingerprint density at radius 1 is 0.275 bits per heavy atom. The fourth-order valence-electron chi connectivity index (χ4n) is 8.69. The van der Waals surface area contributed by atoms with Crippen molar-refractivity contribution >= 4 is 75.8 Å². The van der Waals surface area contributed by atoms with Crippen LogP contribution in [0.3, 0.4) is 0 Å². The van der Waals surface area contributed by atoms with Gasteiger partial charge >= 0.3 is 0 Å². The molecule has 0 aliphatic rings. The van der Waals surface area contributed by atoms with Gasteiger partial charge < -0.3 is 4.42 Å². The molecule has 0 aliphatic carbocycles. The molecule has 11 rings (SSSR count). The molecule has 1 aromatic heterocycles. The highest BCUT2D eigenvalue weighted by atomic mass is 16.3. The van der Waals surface area contributed by atoms with Crippen LogP contribution in [0.5, 0.6) is 0 Å². The number of furan rings is 1. The zero-order chi connectivity index (χ0) is 33.5. The minimum atomic E-state index is 0.901. The summed E-state index contributed by atoms with van der Waals surface area (Å²) in [7, 11) is 0. The summed E-state index contributed by atoms with van der Waals surface area (Å²) in [5, 5.41) is 14.7. The number of fused-ring (bicyclic) bond motifs is 10. The molecule has 0 spiro atoms. The first-order valence-corrected chi connectivity index (χ1v) is 17.6. The first kappa shape index (κ1) is 28.2. The molecular weight excluding hydrogens is 617 g/mol. The molecule has 11 aromatic rings. The van der Waals surface area contributed by atoms with Gasteiger partial charge in [0.1, 0.15) is 11.2 Å². The Labute approximate surface area is 294 Å². The molecule has 0 N–H and O–H groups in total. The third kappa shape index (κ3) is 4.09. The number of rotatable bonds is 3. The maximum atomic E-state index is 6.82. The minimum Gasteiger partial charge on any atom is -0.455 e. The average Bonchev–Trinajstić information content (AvgIpc) is 3.60. The second-order valence-electron chi connectivity index (χ2n) is 13.5. The molecule has 0 saturated heterocycles. The Hall–Kier alpha value is -6.70. The molecule has 0 unspecified atom stereocenters. The van der Waals surface area contributed by atoms with E-state index in [0.29, 0.717) is 0 Å². The van der Waals surface area contributed by atoms with Crippen molar-refractivity contribution in [1.29, 1.82) is 0 Å². The van der Waals surface area contributed by atoms with E-state index in [2.05, 4.69) is 182 Å². The highest BCUT2D eigenvalue weighted by molar-refractivity contribution is 6.29. The van der Waals surface area contributed by atoms with E-state index < -0.39 is 0 Å². The summed E-state index contributed by atoms with van der Waals surface area (Å²) >= 11 is 0. The Morgan fingerprint density at radius 3 is 1.53 bits per heavy atom. The molecule has 1 heterocycles. The molecule has 10 aromatic carbocycles. The van der Waals surface area contributed by atoms with E-state index in [1.165, 1.54) is 81.9 Å². The van der Waals surface area contributed by atoms with Gasteiger partial charge in [-0.3, -0.25) is 0 Å². The van der Waals surface area contributed by atoms with Crippen LogP contribution < -0.4 is 0 Å². The summed E-state index contributed by atoms with van der Waals surface area (Å²) in [4.78, 5) is 0. The fraction of sp³-hybridized carbons (Fsp3) is 0. The quantitative estimate of drug-likeness (QED) is 0.138. The molecule has 0 amide bonds. The lowest BCUT2D eigenvalue weighted by molar-refractivity contribution is 0.673. The third-order valence-electron chi connectivity index (χ3n) is 10.9. The van der Waals surface area contributed by atoms with E-state index in [9.17, 15) is 0 Å². The topological polar surface area (TPSA) is 13.1 Å². The SMILES string of the molecule is c1ccc(-c2cccc3c2ccc2c3oc3cccc(-c4c5ccccc5c(-c5cccc6c5ccc5ccccc56)c5ccccc45)c32)cc1. The summed E-state index contributed by atoms with van der Waals surface area (Å²) in [5.74, 6) is 0. The molecule has 0 bridgehead atoms. The smallest absolute Gasteiger partial charge is 0.143 e. The summed E-state index contributed by atoms with van der Waals surface area (Å²) in [5.41, 5.74) is 9.20. The Morgan fingerprint density at radius 2 is 0.784 bits per heavy atom. The van der Waals surface area contributed by atoms with Crippen LogP contribution in [0.2, 0.25) is 0 Å². The third-order valence-corrected chi connectivity index (χ3v) is 10.9. The van der Waals surface area contributed by atoms with Crippen LogP contribution >= 0.6 is 0 Å². The zero-order valence-electron chi connectivity index (χ0n) is 27.7. The van der Waals surface area contributed by atoms with Crippen molar-refractivity contribution in [2.75, 3.05) is 0 Å². The predicted molar refractivity (Wildman–Crippen MR) is 218 cm³/mol. The molecule has 0 radical (unpaired) electrons. The predicted octanol–water partition coefficient (Wildman–Crippen LogP) is 14.4. The summed E-state index contributed by atoms with van der Waals surface area (Å²) in [6.45, 7) is 0. The van der Waals surface area contributed by atoms with E-state index in [1.54, 1.807) is 0 Å². The van der Waals surface area contributed by atoms with E-state index >= 15 is 0 Å². The highest BCUT2D eigenvalue weighted by Crippen LogP contribution is 2.49. The summed E-state index contributed by atoms with van der Waals surface area (Å²) in [6, 6.07) is 66.2. The first-order valence-electron chi connectivity index (χ1n) is 17.6. The molecule has 0 saturated carbocycles. The fourth-order valence-corrected chi connectivity index (χ4v) is 8.69. The summed E-state index contributed by atoms with van der Waals surface area (Å²) < 4.78 is 6.82. The standard InChI is InChI=1S/C50H30O/c1-2-13-31(14-3-1)34-21-10-24-43-36(34)29-30-45-49-44(25-12-26-46(49)51-50(43)45)48-41-19-8-6-17-39(41)47(40-18-7-9-20-42(40)48)38-23-11-22-35-33-16-5-4-15-32(33)27-28-37(35)38/h1-30H. The minimum absolute atomic E-state index is 0.901. The van der Waals surface area contributed by atoms with Crippen molar-refractivity contribution in [2.24, 2.45) is 0 Å². The van der Waals surface area contributed by atoms with Crippen molar-refractivity contribution in [1.82, 2.24) is 0 Å². The monoisotopic (exact) mass is 646 g/mol. The highest BCUT2D eigenvalue weighted by Gasteiger charge is 2.22. The van der Waals surface area contributed by atoms with Crippen LogP contribution in [0.15, 0.2) is 186 Å². The van der Waals surface area contributed by atoms with Crippen molar-refractivity contribution in [3.05, 3.63) is 182 Å². The van der Waals surface area contributed by atoms with Crippen LogP contribution in [-0.4, -0.2) is 0 Å². The first-order chi connectivity index (χ1) is 25.3. The van der Waals surface area contributed by atoms with Crippen LogP contribution in [0, 0.1) is 0 Å². The normalized spacial score (nSPS) is 11.9. The summed E-state index contributed by atoms with van der Waals surface area (Å²) in [6.07, 6.45) is 0. The Bertz CT molecular complexity index is 3130. The molecule has 51 heavy (non-hydrogen) atoms. The molecule has 1 nitrogen and oxygen atoms in total. The van der Waals surface area contributed by atoms with Gasteiger partial charge in [-0.05, 0) is 94.0 Å². The van der Waals surface area contributed by atoms with E-state index in [4.69, 9.17) is 4.42 Å². The van der Waals surface area contributed by atoms with Crippen LogP contribution in [0.25, 0.3) is 109 Å². The largest absolute Gasteiger partial charge is 0.455 e. The van der Waals surface area contributed by atoms with Crippen molar-refractivity contribution in [2.45, 2.75) is 0 Å². The molecule has 0 atom stereocenters. The second kappa shape index (κ2) is 10.9. The molecule has 1 heteroatoms. The molecule has 0 fully saturated rings. The Balaban J connectivity index is 1.23. The molecular formula is C50H30O. The van der Waals surface area contributed by atoms with Gasteiger partial charge in [0.15, 0.2) is 0 Å². The lowest BCUT2D eigenvalue weighted by atomic mass is 9.83. The lowest BCUT2D eigenvalue weighted by Crippen LogP contribution is -1.92. The van der Waals surface area contributed by atoms with Gasteiger partial charge in [-0.1, -0.05) is 170 Å². The number of benzene rings is 10. The van der Waals surface area contributed by atoms with Gasteiger partial charge in [0, 0.05) is 16.2 Å². The van der Waals surface area contributed by atoms with E-state index in [-0.39, 0.29) is 0 Å². The van der Waals surface area contributed by atoms with E-state index in [1.807, 2.05) is 0 Å². The van der Waals surface area contributed by atoms with Crippen LogP contribution in [-0.2, 0) is 0 Å². The number of hydrogen-bond acceptors (Lipinski definition) is 1. The van der Waals surface area contributed by atoms with Gasteiger partial charge in [0.25, 0.3) is 0 Å². The van der Waals surface area contributed by atoms with Crippen molar-refractivity contribution in [3.8, 4) is 33.4 Å². The van der Waals surface area contributed by atoms with Gasteiger partial charge in [-0.25, -0.2) is 0 Å². The Kier molecular flexibility index (Phi) is 6.02. The lowest BCUT2D eigenvalue weighted by Gasteiger charge is -2.19. The second-order valence-corrected chi connectivity index (χ2v) is 13.5.